The molecular weight excluding hydrogens is 1550 g/mol. The van der Waals surface area contributed by atoms with Crippen LogP contribution >= 0.6 is 47.5 Å². The molecule has 7 heteroatoms. The van der Waals surface area contributed by atoms with Gasteiger partial charge in [0.2, 0.25) is 0 Å². The summed E-state index contributed by atoms with van der Waals surface area (Å²) in [6.45, 7) is 0. The quantitative estimate of drug-likeness (QED) is 0.0593. The normalized spacial score (nSPS) is 10.5. The third-order valence-corrected chi connectivity index (χ3v) is 32.9. The van der Waals surface area contributed by atoms with Crippen LogP contribution in [0.2, 0.25) is 0 Å². The molecule has 0 bridgehead atoms. The molecule has 0 saturated heterocycles. The largest absolute Gasteiger partial charge is 0.0622 e. The second kappa shape index (κ2) is 47.0. The maximum absolute atomic E-state index is 2.23. The van der Waals surface area contributed by atoms with Gasteiger partial charge in [-0.05, 0) is 143 Å². The molecule has 115 heavy (non-hydrogen) atoms. The fraction of sp³-hybridized carbons (Fsp3) is 0. The first-order valence-electron chi connectivity index (χ1n) is 38.4. The van der Waals surface area contributed by atoms with Crippen molar-refractivity contribution >= 4 is 143 Å². The van der Waals surface area contributed by atoms with E-state index in [4.69, 9.17) is 0 Å². The van der Waals surface area contributed by atoms with Crippen molar-refractivity contribution in [2.24, 2.45) is 0 Å². The van der Waals surface area contributed by atoms with E-state index in [1.54, 1.807) is 0 Å². The minimum Gasteiger partial charge on any atom is -0.0622 e. The van der Waals surface area contributed by atoms with Gasteiger partial charge in [0.1, 0.15) is 0 Å². The van der Waals surface area contributed by atoms with Gasteiger partial charge in [-0.2, -0.15) is 0 Å². The van der Waals surface area contributed by atoms with Crippen molar-refractivity contribution in [3.05, 3.63) is 546 Å². The molecule has 18 aromatic rings. The molecule has 0 nitrogen and oxygen atoms in total. The van der Waals surface area contributed by atoms with E-state index in [1.807, 2.05) is 0 Å². The van der Waals surface area contributed by atoms with Crippen LogP contribution in [0.15, 0.2) is 546 Å². The number of hydrogen-bond donors (Lipinski definition) is 0. The third-order valence-electron chi connectivity index (χ3n) is 18.3. The molecule has 18 aromatic carbocycles. The van der Waals surface area contributed by atoms with Crippen molar-refractivity contribution in [1.29, 1.82) is 0 Å². The second-order valence-electron chi connectivity index (χ2n) is 26.1. The molecule has 0 spiro atoms. The summed E-state index contributed by atoms with van der Waals surface area (Å²) >= 11 is 0. The predicted molar refractivity (Wildman–Crippen MR) is 512 cm³/mol. The zero-order chi connectivity index (χ0) is 77.5. The summed E-state index contributed by atoms with van der Waals surface area (Å²) in [5.41, 5.74) is 0. The predicted octanol–water partition coefficient (Wildman–Crippen LogP) is 20.4. The van der Waals surface area contributed by atoms with Crippen LogP contribution in [0.3, 0.4) is 0 Å². The van der Waals surface area contributed by atoms with E-state index in [0.717, 1.165) is 0 Å². The maximum atomic E-state index is 2.23. The Morgan fingerprint density at radius 1 is 0.0696 bits per heavy atom. The molecule has 0 aromatic heterocycles. The van der Waals surface area contributed by atoms with Gasteiger partial charge in [0.25, 0.3) is 0 Å². The molecule has 0 saturated carbocycles. The molecular formula is C108H91CuP6. The van der Waals surface area contributed by atoms with Gasteiger partial charge in [-0.3, -0.25) is 0 Å². The standard InChI is InChI=1S/6C18H15P.Cu.H/c6*1-4-10-16(11-5-1)19(17-12-6-2-7-13-17)18-14-8-3-9-15-18;;/h6*1-15H;;. The first-order chi connectivity index (χ1) is 56.7. The second-order valence-corrected chi connectivity index (χ2v) is 39.4. The maximum Gasteiger partial charge on any atom is -0.0134 e. The SMILES string of the molecule is [CuH].c1ccc(P(c2ccccc2)c2ccccc2)cc1.c1ccc(P(c2ccccc2)c2ccccc2)cc1.c1ccc(P(c2ccccc2)c2ccccc2)cc1.c1ccc(P(c2ccccc2)c2ccccc2)cc1.c1ccc(P(c2ccccc2)c2ccccc2)cc1.c1ccc(P(c2ccccc2)c2ccccc2)cc1. The molecule has 564 valence electrons. The van der Waals surface area contributed by atoms with Crippen LogP contribution < -0.4 is 95.5 Å². The fourth-order valence-electron chi connectivity index (χ4n) is 13.1. The van der Waals surface area contributed by atoms with Crippen molar-refractivity contribution in [2.45, 2.75) is 0 Å². The molecule has 0 aliphatic heterocycles. The molecule has 0 aliphatic rings. The summed E-state index contributed by atoms with van der Waals surface area (Å²) < 4.78 is 0. The van der Waals surface area contributed by atoms with E-state index in [2.05, 4.69) is 546 Å². The van der Waals surface area contributed by atoms with Gasteiger partial charge < -0.3 is 0 Å². The van der Waals surface area contributed by atoms with E-state index in [9.17, 15) is 0 Å². The zero-order valence-electron chi connectivity index (χ0n) is 64.0. The first kappa shape index (κ1) is 83.5. The van der Waals surface area contributed by atoms with Gasteiger partial charge in [-0.15, -0.1) is 0 Å². The van der Waals surface area contributed by atoms with Crippen molar-refractivity contribution in [1.82, 2.24) is 0 Å². The van der Waals surface area contributed by atoms with E-state index in [-0.39, 0.29) is 17.1 Å². The molecule has 0 amide bonds. The van der Waals surface area contributed by atoms with Gasteiger partial charge in [0, 0.05) is 0 Å². The van der Waals surface area contributed by atoms with E-state index < -0.39 is 47.5 Å². The first-order valence-corrected chi connectivity index (χ1v) is 46.5. The topological polar surface area (TPSA) is 0 Å². The fourth-order valence-corrected chi connectivity index (χ4v) is 26.9. The van der Waals surface area contributed by atoms with Crippen LogP contribution in [-0.4, -0.2) is 0 Å². The van der Waals surface area contributed by atoms with Crippen LogP contribution in [-0.2, 0) is 17.1 Å². The van der Waals surface area contributed by atoms with Crippen LogP contribution in [0.4, 0.5) is 0 Å². The molecule has 0 unspecified atom stereocenters. The Morgan fingerprint density at radius 2 is 0.113 bits per heavy atom. The molecule has 0 N–H and O–H groups in total. The van der Waals surface area contributed by atoms with Crippen molar-refractivity contribution in [3.63, 3.8) is 0 Å². The summed E-state index contributed by atoms with van der Waals surface area (Å²) in [5, 5.41) is 25.2. The summed E-state index contributed by atoms with van der Waals surface area (Å²) in [5.74, 6) is 0. The Kier molecular flexibility index (Phi) is 34.2. The Hall–Kier alpha value is -10.9. The third kappa shape index (κ3) is 25.0. The number of benzene rings is 18. The summed E-state index contributed by atoms with van der Waals surface area (Å²) in [6, 6.07) is 194. The van der Waals surface area contributed by atoms with E-state index in [0.29, 0.717) is 0 Å². The minimum atomic E-state index is -0.446. The Morgan fingerprint density at radius 3 is 0.157 bits per heavy atom. The van der Waals surface area contributed by atoms with Crippen molar-refractivity contribution in [2.75, 3.05) is 0 Å². The van der Waals surface area contributed by atoms with Crippen molar-refractivity contribution < 1.29 is 17.1 Å². The van der Waals surface area contributed by atoms with Gasteiger partial charge in [-0.1, -0.05) is 546 Å². The summed E-state index contributed by atoms with van der Waals surface area (Å²) in [4.78, 5) is 0. The van der Waals surface area contributed by atoms with Crippen LogP contribution in [0.5, 0.6) is 0 Å². The van der Waals surface area contributed by atoms with Gasteiger partial charge >= 0.3 is 17.1 Å². The minimum absolute atomic E-state index is 0. The molecule has 1 radical (unpaired) electrons. The molecule has 0 atom stereocenters. The molecule has 0 heterocycles. The average molecular weight is 1640 g/mol. The van der Waals surface area contributed by atoms with Crippen LogP contribution in [0, 0.1) is 0 Å². The Labute approximate surface area is 700 Å². The van der Waals surface area contributed by atoms with Crippen molar-refractivity contribution in [3.8, 4) is 0 Å². The van der Waals surface area contributed by atoms with E-state index in [1.165, 1.54) is 95.5 Å². The smallest absolute Gasteiger partial charge is 0.0134 e. The van der Waals surface area contributed by atoms with Crippen LogP contribution in [0.25, 0.3) is 0 Å². The summed E-state index contributed by atoms with van der Waals surface area (Å²) in [6.07, 6.45) is 0. The van der Waals surface area contributed by atoms with Gasteiger partial charge in [0.05, 0.1) is 0 Å². The Bertz CT molecular complexity index is 4070. The Balaban J connectivity index is 0.000000127. The van der Waals surface area contributed by atoms with Gasteiger partial charge in [0.15, 0.2) is 0 Å². The van der Waals surface area contributed by atoms with Gasteiger partial charge in [-0.25, -0.2) is 0 Å². The van der Waals surface area contributed by atoms with E-state index >= 15 is 0 Å². The number of rotatable bonds is 18. The molecule has 18 rings (SSSR count). The zero-order valence-corrected chi connectivity index (χ0v) is 70.3. The average Bonchev–Trinajstić information content (AvgIpc) is 0.855. The molecule has 0 fully saturated rings. The number of hydrogen-bond acceptors (Lipinski definition) is 0. The summed E-state index contributed by atoms with van der Waals surface area (Å²) in [7, 11) is -2.68. The monoisotopic (exact) mass is 1640 g/mol. The molecule has 0 aliphatic carbocycles. The van der Waals surface area contributed by atoms with Crippen LogP contribution in [0.1, 0.15) is 0 Å².